The van der Waals surface area contributed by atoms with Crippen LogP contribution in [0.4, 0.5) is 5.69 Å². The minimum atomic E-state index is -3.98. The Hall–Kier alpha value is -1.76. The Morgan fingerprint density at radius 2 is 1.59 bits per heavy atom. The van der Waals surface area contributed by atoms with Crippen LogP contribution in [0.5, 0.6) is 0 Å². The lowest BCUT2D eigenvalue weighted by Gasteiger charge is -2.26. The Morgan fingerprint density at radius 3 is 2.11 bits per heavy atom. The van der Waals surface area contributed by atoms with Crippen LogP contribution in [0.15, 0.2) is 53.4 Å². The molecule has 0 aliphatic heterocycles. The second-order valence-electron chi connectivity index (χ2n) is 6.55. The lowest BCUT2D eigenvalue weighted by Crippen LogP contribution is -2.45. The average molecular weight is 429 g/mol. The van der Waals surface area contributed by atoms with Crippen molar-refractivity contribution in [2.24, 2.45) is 5.92 Å². The van der Waals surface area contributed by atoms with Crippen LogP contribution in [0.2, 0.25) is 10.0 Å². The van der Waals surface area contributed by atoms with Gasteiger partial charge in [0.2, 0.25) is 5.91 Å². The van der Waals surface area contributed by atoms with Crippen molar-refractivity contribution in [1.29, 1.82) is 0 Å². The summed E-state index contributed by atoms with van der Waals surface area (Å²) >= 11 is 12.1. The molecular weight excluding hydrogens is 407 g/mol. The number of amides is 1. The molecule has 0 heterocycles. The summed E-state index contributed by atoms with van der Waals surface area (Å²) in [5, 5.41) is 3.38. The molecule has 0 fully saturated rings. The van der Waals surface area contributed by atoms with E-state index >= 15 is 0 Å². The first-order chi connectivity index (χ1) is 12.6. The maximum Gasteiger partial charge on any atom is 0.264 e. The normalized spacial score (nSPS) is 12.7. The summed E-state index contributed by atoms with van der Waals surface area (Å²) in [7, 11) is -3.98. The van der Waals surface area contributed by atoms with Crippen molar-refractivity contribution in [2.45, 2.75) is 31.7 Å². The topological polar surface area (TPSA) is 66.5 Å². The zero-order valence-corrected chi connectivity index (χ0v) is 17.6. The van der Waals surface area contributed by atoms with Gasteiger partial charge < -0.3 is 5.32 Å². The van der Waals surface area contributed by atoms with Crippen LogP contribution in [0.25, 0.3) is 0 Å². The Morgan fingerprint density at radius 1 is 1.04 bits per heavy atom. The summed E-state index contributed by atoms with van der Waals surface area (Å²) < 4.78 is 27.4. The van der Waals surface area contributed by atoms with Crippen molar-refractivity contribution in [2.75, 3.05) is 10.8 Å². The van der Waals surface area contributed by atoms with Gasteiger partial charge in [-0.25, -0.2) is 8.42 Å². The van der Waals surface area contributed by atoms with Crippen molar-refractivity contribution < 1.29 is 13.2 Å². The first-order valence-corrected chi connectivity index (χ1v) is 10.6. The number of nitrogens with one attached hydrogen (secondary N) is 1. The SMILES string of the molecule is CC(C)[C@H](C)NC(=O)CN(c1cc(Cl)cc(Cl)c1)S(=O)(=O)c1ccccc1. The Kier molecular flexibility index (Phi) is 7.14. The molecule has 0 saturated carbocycles. The molecule has 0 aromatic heterocycles. The highest BCUT2D eigenvalue weighted by Gasteiger charge is 2.28. The van der Waals surface area contributed by atoms with Gasteiger partial charge in [0.25, 0.3) is 10.0 Å². The van der Waals surface area contributed by atoms with Crippen LogP contribution in [-0.4, -0.2) is 26.9 Å². The van der Waals surface area contributed by atoms with Gasteiger partial charge in [-0.1, -0.05) is 55.2 Å². The Bertz CT molecular complexity index is 882. The number of nitrogens with zero attached hydrogens (tertiary/aromatic N) is 1. The predicted octanol–water partition coefficient (Wildman–Crippen LogP) is 4.35. The molecule has 0 radical (unpaired) electrons. The van der Waals surface area contributed by atoms with E-state index in [2.05, 4.69) is 5.32 Å². The smallest absolute Gasteiger partial charge is 0.264 e. The third-order valence-corrected chi connectivity index (χ3v) is 6.37. The van der Waals surface area contributed by atoms with Crippen molar-refractivity contribution in [3.05, 3.63) is 58.6 Å². The number of hydrogen-bond acceptors (Lipinski definition) is 3. The van der Waals surface area contributed by atoms with Crippen molar-refractivity contribution >= 4 is 44.8 Å². The highest BCUT2D eigenvalue weighted by molar-refractivity contribution is 7.92. The van der Waals surface area contributed by atoms with Gasteiger partial charge in [0.15, 0.2) is 0 Å². The monoisotopic (exact) mass is 428 g/mol. The van der Waals surface area contributed by atoms with E-state index in [1.165, 1.54) is 30.3 Å². The molecule has 27 heavy (non-hydrogen) atoms. The molecule has 1 N–H and O–H groups in total. The minimum absolute atomic E-state index is 0.0748. The van der Waals surface area contributed by atoms with E-state index in [0.717, 1.165) is 4.31 Å². The van der Waals surface area contributed by atoms with E-state index in [0.29, 0.717) is 0 Å². The predicted molar refractivity (Wildman–Crippen MR) is 110 cm³/mol. The quantitative estimate of drug-likeness (QED) is 0.712. The van der Waals surface area contributed by atoms with Crippen molar-refractivity contribution in [3.8, 4) is 0 Å². The number of benzene rings is 2. The van der Waals surface area contributed by atoms with Gasteiger partial charge in [0, 0.05) is 16.1 Å². The van der Waals surface area contributed by atoms with Gasteiger partial charge in [-0.3, -0.25) is 9.10 Å². The minimum Gasteiger partial charge on any atom is -0.352 e. The molecule has 0 aliphatic rings. The number of hydrogen-bond donors (Lipinski definition) is 1. The number of halogens is 2. The molecule has 2 rings (SSSR count). The van der Waals surface area contributed by atoms with Crippen molar-refractivity contribution in [1.82, 2.24) is 5.32 Å². The molecule has 2 aromatic carbocycles. The molecule has 8 heteroatoms. The standard InChI is InChI=1S/C19H22Cl2N2O3S/c1-13(2)14(3)22-19(24)12-23(17-10-15(20)9-16(21)11-17)27(25,26)18-7-5-4-6-8-18/h4-11,13-14H,12H2,1-3H3,(H,22,24)/t14-/m0/s1. The molecule has 2 aromatic rings. The fourth-order valence-electron chi connectivity index (χ4n) is 2.31. The molecule has 0 aliphatic carbocycles. The fraction of sp³-hybridized carbons (Fsp3) is 0.316. The van der Waals surface area contributed by atoms with E-state index in [4.69, 9.17) is 23.2 Å². The van der Waals surface area contributed by atoms with E-state index in [-0.39, 0.29) is 39.1 Å². The average Bonchev–Trinajstić information content (AvgIpc) is 2.59. The molecule has 146 valence electrons. The van der Waals surface area contributed by atoms with E-state index in [1.54, 1.807) is 18.2 Å². The van der Waals surface area contributed by atoms with E-state index < -0.39 is 15.9 Å². The van der Waals surface area contributed by atoms with Crippen LogP contribution in [0.1, 0.15) is 20.8 Å². The number of anilines is 1. The second-order valence-corrected chi connectivity index (χ2v) is 9.29. The molecular formula is C19H22Cl2N2O3S. The summed E-state index contributed by atoms with van der Waals surface area (Å²) in [5.41, 5.74) is 0.226. The molecule has 1 amide bonds. The summed E-state index contributed by atoms with van der Waals surface area (Å²) in [4.78, 5) is 12.6. The molecule has 0 saturated heterocycles. The van der Waals surface area contributed by atoms with E-state index in [9.17, 15) is 13.2 Å². The first-order valence-electron chi connectivity index (χ1n) is 8.44. The molecule has 5 nitrogen and oxygen atoms in total. The zero-order valence-electron chi connectivity index (χ0n) is 15.3. The molecule has 0 bridgehead atoms. The maximum absolute atomic E-state index is 13.2. The Balaban J connectivity index is 2.44. The van der Waals surface area contributed by atoms with Crippen LogP contribution in [-0.2, 0) is 14.8 Å². The fourth-order valence-corrected chi connectivity index (χ4v) is 4.25. The summed E-state index contributed by atoms with van der Waals surface area (Å²) in [6.45, 7) is 5.43. The number of rotatable bonds is 7. The van der Waals surface area contributed by atoms with Crippen LogP contribution >= 0.6 is 23.2 Å². The largest absolute Gasteiger partial charge is 0.352 e. The van der Waals surface area contributed by atoms with Gasteiger partial charge in [-0.15, -0.1) is 0 Å². The van der Waals surface area contributed by atoms with Gasteiger partial charge in [0.05, 0.1) is 10.6 Å². The summed E-state index contributed by atoms with van der Waals surface area (Å²) in [6.07, 6.45) is 0. The van der Waals surface area contributed by atoms with Gasteiger partial charge in [0.1, 0.15) is 6.54 Å². The second kappa shape index (κ2) is 8.95. The van der Waals surface area contributed by atoms with Gasteiger partial charge in [-0.2, -0.15) is 0 Å². The number of carbonyl (C=O) groups excluding carboxylic acids is 1. The van der Waals surface area contributed by atoms with Crippen LogP contribution in [0.3, 0.4) is 0 Å². The molecule has 0 spiro atoms. The van der Waals surface area contributed by atoms with Crippen LogP contribution < -0.4 is 9.62 Å². The maximum atomic E-state index is 13.2. The highest BCUT2D eigenvalue weighted by atomic mass is 35.5. The van der Waals surface area contributed by atoms with Gasteiger partial charge in [-0.05, 0) is 43.2 Å². The summed E-state index contributed by atoms with van der Waals surface area (Å²) in [6, 6.07) is 12.2. The zero-order chi connectivity index (χ0) is 20.2. The summed E-state index contributed by atoms with van der Waals surface area (Å²) in [5.74, 6) is -0.194. The first kappa shape index (κ1) is 21.5. The third-order valence-electron chi connectivity index (χ3n) is 4.14. The number of sulfonamides is 1. The van der Waals surface area contributed by atoms with E-state index in [1.807, 2.05) is 20.8 Å². The molecule has 1 atom stereocenters. The molecule has 0 unspecified atom stereocenters. The van der Waals surface area contributed by atoms with Crippen LogP contribution in [0, 0.1) is 5.92 Å². The number of carbonyl (C=O) groups is 1. The third kappa shape index (κ3) is 5.61. The van der Waals surface area contributed by atoms with Crippen molar-refractivity contribution in [3.63, 3.8) is 0 Å². The van der Waals surface area contributed by atoms with Gasteiger partial charge >= 0.3 is 0 Å². The Labute approximate surface area is 170 Å². The lowest BCUT2D eigenvalue weighted by molar-refractivity contribution is -0.120. The lowest BCUT2D eigenvalue weighted by atomic mass is 10.1. The highest BCUT2D eigenvalue weighted by Crippen LogP contribution is 2.29.